The van der Waals surface area contributed by atoms with E-state index in [1.165, 1.54) is 12.1 Å². The molecule has 0 saturated heterocycles. The molecule has 1 aromatic heterocycles. The Bertz CT molecular complexity index is 1020. The lowest BCUT2D eigenvalue weighted by Crippen LogP contribution is -2.07. The Morgan fingerprint density at radius 1 is 1.29 bits per heavy atom. The van der Waals surface area contributed by atoms with Crippen LogP contribution in [0.15, 0.2) is 51.5 Å². The summed E-state index contributed by atoms with van der Waals surface area (Å²) >= 11 is 3.36. The molecule has 9 nitrogen and oxygen atoms in total. The fraction of sp³-hybridized carbons (Fsp3) is 0.167. The molecule has 1 heterocycles. The molecule has 3 rings (SSSR count). The molecule has 28 heavy (non-hydrogen) atoms. The van der Waals surface area contributed by atoms with Gasteiger partial charge in [0.25, 0.3) is 5.89 Å². The molecule has 2 aromatic carbocycles. The Morgan fingerprint density at radius 2 is 2.11 bits per heavy atom. The van der Waals surface area contributed by atoms with Gasteiger partial charge in [-0.15, -0.1) is 0 Å². The fourth-order valence-electron chi connectivity index (χ4n) is 2.33. The number of hydrogen-bond donors (Lipinski definition) is 0. The molecular formula is C18H14BrN3O6. The van der Waals surface area contributed by atoms with E-state index in [1.807, 2.05) is 24.3 Å². The normalized spacial score (nSPS) is 10.5. The van der Waals surface area contributed by atoms with E-state index in [4.69, 9.17) is 14.0 Å². The molecule has 0 aliphatic carbocycles. The first-order valence-electron chi connectivity index (χ1n) is 8.15. The number of nitro benzene ring substituents is 1. The van der Waals surface area contributed by atoms with E-state index < -0.39 is 10.9 Å². The highest BCUT2D eigenvalue weighted by atomic mass is 79.9. The molecule has 0 aliphatic heterocycles. The zero-order valence-electron chi connectivity index (χ0n) is 14.6. The number of nitro groups is 1. The summed E-state index contributed by atoms with van der Waals surface area (Å²) in [6, 6.07) is 11.2. The van der Waals surface area contributed by atoms with Gasteiger partial charge in [-0.25, -0.2) is 4.79 Å². The van der Waals surface area contributed by atoms with Crippen molar-refractivity contribution in [3.8, 4) is 17.1 Å². The van der Waals surface area contributed by atoms with E-state index in [2.05, 4.69) is 26.1 Å². The van der Waals surface area contributed by atoms with Crippen LogP contribution in [0.4, 0.5) is 5.69 Å². The molecule has 0 bridgehead atoms. The number of nitrogens with zero attached hydrogens (tertiary/aromatic N) is 3. The molecule has 0 radical (unpaired) electrons. The predicted octanol–water partition coefficient (Wildman–Crippen LogP) is 4.16. The SMILES string of the molecule is CCOc1ccc(C(=O)OCc2nc(-c3cccc(Br)c3)no2)cc1[N+](=O)[O-]. The van der Waals surface area contributed by atoms with E-state index in [9.17, 15) is 14.9 Å². The monoisotopic (exact) mass is 447 g/mol. The maximum atomic E-state index is 12.2. The van der Waals surface area contributed by atoms with Gasteiger partial charge in [0.2, 0.25) is 5.82 Å². The second-order valence-electron chi connectivity index (χ2n) is 5.47. The molecule has 0 N–H and O–H groups in total. The van der Waals surface area contributed by atoms with Gasteiger partial charge in [-0.1, -0.05) is 33.2 Å². The van der Waals surface area contributed by atoms with Crippen LogP contribution >= 0.6 is 15.9 Å². The maximum absolute atomic E-state index is 12.2. The first-order valence-corrected chi connectivity index (χ1v) is 8.94. The van der Waals surface area contributed by atoms with Crippen molar-refractivity contribution in [3.63, 3.8) is 0 Å². The van der Waals surface area contributed by atoms with Crippen LogP contribution < -0.4 is 4.74 Å². The van der Waals surface area contributed by atoms with Gasteiger partial charge < -0.3 is 14.0 Å². The van der Waals surface area contributed by atoms with E-state index in [0.717, 1.165) is 16.1 Å². The number of hydrogen-bond acceptors (Lipinski definition) is 8. The zero-order chi connectivity index (χ0) is 20.1. The van der Waals surface area contributed by atoms with Crippen molar-refractivity contribution in [3.05, 3.63) is 68.5 Å². The Balaban J connectivity index is 1.69. The molecule has 0 aliphatic rings. The summed E-state index contributed by atoms with van der Waals surface area (Å²) in [7, 11) is 0. The Morgan fingerprint density at radius 3 is 2.82 bits per heavy atom. The molecule has 0 saturated carbocycles. The molecule has 10 heteroatoms. The van der Waals surface area contributed by atoms with Crippen molar-refractivity contribution in [2.24, 2.45) is 0 Å². The van der Waals surface area contributed by atoms with Crippen LogP contribution in [0, 0.1) is 10.1 Å². The van der Waals surface area contributed by atoms with Crippen LogP contribution in [0.25, 0.3) is 11.4 Å². The summed E-state index contributed by atoms with van der Waals surface area (Å²) in [5.41, 5.74) is 0.436. The second-order valence-corrected chi connectivity index (χ2v) is 6.39. The first kappa shape index (κ1) is 19.5. The standard InChI is InChI=1S/C18H14BrN3O6/c1-2-26-15-7-6-12(9-14(15)22(24)25)18(23)27-10-16-20-17(21-28-16)11-4-3-5-13(19)8-11/h3-9H,2,10H2,1H3. The molecule has 3 aromatic rings. The average molecular weight is 448 g/mol. The molecular weight excluding hydrogens is 434 g/mol. The average Bonchev–Trinajstić information content (AvgIpc) is 3.15. The quantitative estimate of drug-likeness (QED) is 0.300. The van der Waals surface area contributed by atoms with Crippen LogP contribution in [-0.2, 0) is 11.3 Å². The van der Waals surface area contributed by atoms with E-state index >= 15 is 0 Å². The van der Waals surface area contributed by atoms with Gasteiger partial charge in [0.15, 0.2) is 12.4 Å². The summed E-state index contributed by atoms with van der Waals surface area (Å²) in [5, 5.41) is 15.0. The van der Waals surface area contributed by atoms with Gasteiger partial charge in [0.05, 0.1) is 17.1 Å². The van der Waals surface area contributed by atoms with Crippen molar-refractivity contribution in [1.29, 1.82) is 0 Å². The number of aromatic nitrogens is 2. The Kier molecular flexibility index (Phi) is 5.99. The van der Waals surface area contributed by atoms with Gasteiger partial charge in [-0.05, 0) is 31.2 Å². The van der Waals surface area contributed by atoms with Crippen molar-refractivity contribution in [2.75, 3.05) is 6.61 Å². The van der Waals surface area contributed by atoms with Crippen LogP contribution in [0.3, 0.4) is 0 Å². The van der Waals surface area contributed by atoms with Crippen LogP contribution in [0.1, 0.15) is 23.2 Å². The van der Waals surface area contributed by atoms with Gasteiger partial charge in [0.1, 0.15) is 0 Å². The minimum Gasteiger partial charge on any atom is -0.487 e. The van der Waals surface area contributed by atoms with Gasteiger partial charge in [0, 0.05) is 16.1 Å². The number of rotatable bonds is 7. The number of halogens is 1. The number of esters is 1. The summed E-state index contributed by atoms with van der Waals surface area (Å²) in [6.45, 7) is 1.71. The third-order valence-corrected chi connectivity index (χ3v) is 4.06. The number of carbonyl (C=O) groups excluding carboxylic acids is 1. The number of benzene rings is 2. The smallest absolute Gasteiger partial charge is 0.338 e. The van der Waals surface area contributed by atoms with Gasteiger partial charge in [-0.2, -0.15) is 4.98 Å². The zero-order valence-corrected chi connectivity index (χ0v) is 16.2. The molecule has 144 valence electrons. The third kappa shape index (κ3) is 4.52. The highest BCUT2D eigenvalue weighted by Crippen LogP contribution is 2.28. The van der Waals surface area contributed by atoms with Gasteiger partial charge in [-0.3, -0.25) is 10.1 Å². The van der Waals surface area contributed by atoms with Crippen molar-refractivity contribution in [1.82, 2.24) is 10.1 Å². The van der Waals surface area contributed by atoms with Crippen molar-refractivity contribution < 1.29 is 23.7 Å². The molecule has 0 spiro atoms. The topological polar surface area (TPSA) is 118 Å². The number of carbonyl (C=O) groups is 1. The fourth-order valence-corrected chi connectivity index (χ4v) is 2.73. The highest BCUT2D eigenvalue weighted by molar-refractivity contribution is 9.10. The lowest BCUT2D eigenvalue weighted by molar-refractivity contribution is -0.385. The summed E-state index contributed by atoms with van der Waals surface area (Å²) in [6.07, 6.45) is 0. The summed E-state index contributed by atoms with van der Waals surface area (Å²) in [5.74, 6) is -0.221. The van der Waals surface area contributed by atoms with Crippen LogP contribution in [0.2, 0.25) is 0 Å². The molecule has 0 atom stereocenters. The predicted molar refractivity (Wildman–Crippen MR) is 101 cm³/mol. The third-order valence-electron chi connectivity index (χ3n) is 3.57. The molecule has 0 fully saturated rings. The minimum absolute atomic E-state index is 0.0156. The van der Waals surface area contributed by atoms with E-state index in [0.29, 0.717) is 5.82 Å². The van der Waals surface area contributed by atoms with Crippen molar-refractivity contribution >= 4 is 27.6 Å². The van der Waals surface area contributed by atoms with E-state index in [-0.39, 0.29) is 36.1 Å². The summed E-state index contributed by atoms with van der Waals surface area (Å²) < 4.78 is 16.2. The maximum Gasteiger partial charge on any atom is 0.338 e. The van der Waals surface area contributed by atoms with E-state index in [1.54, 1.807) is 6.92 Å². The largest absolute Gasteiger partial charge is 0.487 e. The van der Waals surface area contributed by atoms with Crippen molar-refractivity contribution in [2.45, 2.75) is 13.5 Å². The van der Waals surface area contributed by atoms with Crippen LogP contribution in [-0.4, -0.2) is 27.6 Å². The first-order chi connectivity index (χ1) is 13.5. The van der Waals surface area contributed by atoms with Gasteiger partial charge >= 0.3 is 11.7 Å². The summed E-state index contributed by atoms with van der Waals surface area (Å²) in [4.78, 5) is 26.9. The minimum atomic E-state index is -0.756. The lowest BCUT2D eigenvalue weighted by atomic mass is 10.2. The Labute approximate surface area is 167 Å². The molecule has 0 amide bonds. The Hall–Kier alpha value is -3.27. The number of ether oxygens (including phenoxy) is 2. The molecule has 0 unspecified atom stereocenters. The van der Waals surface area contributed by atoms with Crippen LogP contribution in [0.5, 0.6) is 5.75 Å². The lowest BCUT2D eigenvalue weighted by Gasteiger charge is -2.06. The highest BCUT2D eigenvalue weighted by Gasteiger charge is 2.20. The second kappa shape index (κ2) is 8.61.